The van der Waals surface area contributed by atoms with Crippen LogP contribution >= 0.6 is 0 Å². The van der Waals surface area contributed by atoms with Crippen LogP contribution in [0.1, 0.15) is 86.6 Å². The molecule has 4 amide bonds. The highest BCUT2D eigenvalue weighted by molar-refractivity contribution is 6.05. The normalized spacial score (nSPS) is 19.4. The van der Waals surface area contributed by atoms with Crippen LogP contribution < -0.4 is 20.7 Å². The minimum absolute atomic E-state index is 0.0123. The molecule has 4 N–H and O–H groups in total. The number of hydrogen-bond donors (Lipinski definition) is 4. The number of hydrogen-bond acceptors (Lipinski definition) is 10. The van der Waals surface area contributed by atoms with Gasteiger partial charge in [-0.1, -0.05) is 72.2 Å². The molecule has 1 aromatic carbocycles. The minimum Gasteiger partial charge on any atom is -0.497 e. The van der Waals surface area contributed by atoms with Crippen molar-refractivity contribution < 1.29 is 38.6 Å². The number of likely N-dealkylation sites (N-methyl/N-ethyl adjacent to an activating group) is 2. The van der Waals surface area contributed by atoms with E-state index in [1.54, 1.807) is 76.2 Å². The Hall–Kier alpha value is -3.75. The van der Waals surface area contributed by atoms with Crippen LogP contribution in [0.3, 0.4) is 0 Å². The molecule has 0 bridgehead atoms. The van der Waals surface area contributed by atoms with E-state index in [0.29, 0.717) is 24.3 Å². The van der Waals surface area contributed by atoms with Crippen molar-refractivity contribution in [3.05, 3.63) is 29.8 Å². The molecule has 1 aliphatic rings. The van der Waals surface area contributed by atoms with Gasteiger partial charge in [-0.3, -0.25) is 19.2 Å². The number of amides is 4. The summed E-state index contributed by atoms with van der Waals surface area (Å²) in [5, 5.41) is 22.3. The van der Waals surface area contributed by atoms with Crippen molar-refractivity contribution in [2.75, 3.05) is 42.0 Å². The lowest BCUT2D eigenvalue weighted by Crippen LogP contribution is -2.59. The average Bonchev–Trinajstić information content (AvgIpc) is 3.63. The van der Waals surface area contributed by atoms with Gasteiger partial charge < -0.3 is 45.2 Å². The lowest BCUT2D eigenvalue weighted by Gasteiger charge is -2.41. The molecule has 14 heteroatoms. The Labute approximate surface area is 323 Å². The van der Waals surface area contributed by atoms with E-state index >= 15 is 0 Å². The number of nitrogens with zero attached hydrogens (tertiary/aromatic N) is 3. The number of rotatable bonds is 21. The van der Waals surface area contributed by atoms with Gasteiger partial charge >= 0.3 is 0 Å². The van der Waals surface area contributed by atoms with Gasteiger partial charge in [0.2, 0.25) is 23.6 Å². The lowest BCUT2D eigenvalue weighted by atomic mass is 9.89. The molecule has 1 fully saturated rings. The molecule has 0 aromatic heterocycles. The highest BCUT2D eigenvalue weighted by Gasteiger charge is 2.43. The topological polar surface area (TPSA) is 171 Å². The van der Waals surface area contributed by atoms with Crippen LogP contribution in [0.4, 0.5) is 0 Å². The van der Waals surface area contributed by atoms with E-state index < -0.39 is 42.3 Å². The van der Waals surface area contributed by atoms with Gasteiger partial charge in [-0.15, -0.1) is 0 Å². The highest BCUT2D eigenvalue weighted by Crippen LogP contribution is 2.30. The largest absolute Gasteiger partial charge is 0.497 e. The molecule has 0 aliphatic carbocycles. The quantitative estimate of drug-likeness (QED) is 0.0830. The van der Waals surface area contributed by atoms with E-state index in [1.165, 1.54) is 7.11 Å². The predicted molar refractivity (Wildman–Crippen MR) is 209 cm³/mol. The van der Waals surface area contributed by atoms with Crippen molar-refractivity contribution in [3.8, 4) is 5.75 Å². The summed E-state index contributed by atoms with van der Waals surface area (Å²) in [5.41, 5.74) is 0.868. The molecule has 0 spiro atoms. The summed E-state index contributed by atoms with van der Waals surface area (Å²) in [5.74, 6) is -1.21. The Balaban J connectivity index is 2.27. The average molecular weight is 761 g/mol. The summed E-state index contributed by atoms with van der Waals surface area (Å²) in [4.78, 5) is 58.6. The smallest absolute Gasteiger partial charge is 0.245 e. The second-order valence-corrected chi connectivity index (χ2v) is 15.3. The second-order valence-electron chi connectivity index (χ2n) is 15.3. The van der Waals surface area contributed by atoms with Gasteiger partial charge in [0.15, 0.2) is 0 Å². The number of ether oxygens (including phenoxy) is 3. The fourth-order valence-electron chi connectivity index (χ4n) is 7.64. The molecular weight excluding hydrogens is 692 g/mol. The molecule has 1 aliphatic heterocycles. The van der Waals surface area contributed by atoms with E-state index in [0.717, 1.165) is 12.8 Å². The van der Waals surface area contributed by atoms with Gasteiger partial charge in [-0.2, -0.15) is 0 Å². The van der Waals surface area contributed by atoms with Crippen molar-refractivity contribution >= 4 is 29.3 Å². The zero-order valence-corrected chi connectivity index (χ0v) is 34.8. The lowest BCUT2D eigenvalue weighted by molar-refractivity contribution is -0.147. The molecular formula is C40H68N6O8. The number of nitrogens with one attached hydrogen (secondary N) is 3. The molecule has 14 nitrogen and oxygen atoms in total. The van der Waals surface area contributed by atoms with Gasteiger partial charge in [0.25, 0.3) is 0 Å². The maximum absolute atomic E-state index is 14.2. The molecule has 1 aromatic rings. The van der Waals surface area contributed by atoms with Crippen molar-refractivity contribution in [1.29, 1.82) is 0 Å². The summed E-state index contributed by atoms with van der Waals surface area (Å²) in [7, 11) is 8.08. The number of methoxy groups -OCH3 is 3. The number of carbonyl (C=O) groups excluding carboxylic acids is 4. The van der Waals surface area contributed by atoms with Crippen LogP contribution in [-0.2, 0) is 28.7 Å². The Morgan fingerprint density at radius 1 is 0.963 bits per heavy atom. The molecule has 2 rings (SSSR count). The number of carbonyl (C=O) groups is 4. The molecule has 54 heavy (non-hydrogen) atoms. The molecule has 0 radical (unpaired) electrons. The van der Waals surface area contributed by atoms with E-state index in [2.05, 4.69) is 21.1 Å². The maximum Gasteiger partial charge on any atom is 0.245 e. The summed E-state index contributed by atoms with van der Waals surface area (Å²) in [6, 6.07) is 4.34. The summed E-state index contributed by atoms with van der Waals surface area (Å²) >= 11 is 0. The summed E-state index contributed by atoms with van der Waals surface area (Å²) in [6.45, 7) is 15.7. The van der Waals surface area contributed by atoms with Gasteiger partial charge in [0, 0.05) is 33.4 Å². The first-order chi connectivity index (χ1) is 25.5. The van der Waals surface area contributed by atoms with Gasteiger partial charge in [-0.25, -0.2) is 0 Å². The second kappa shape index (κ2) is 22.0. The molecule has 1 saturated heterocycles. The van der Waals surface area contributed by atoms with Crippen molar-refractivity contribution in [2.45, 2.75) is 123 Å². The number of oxime groups is 1. The minimum atomic E-state index is -0.770. The van der Waals surface area contributed by atoms with Crippen molar-refractivity contribution in [1.82, 2.24) is 25.8 Å². The molecule has 306 valence electrons. The number of likely N-dealkylation sites (tertiary alicyclic amines) is 1. The SMILES string of the molecule is CC[C@H](C)C([C@@H](CC(=O)N1CCC[C@H]1[C@H](OC)[C@@H](C)C(=O)N[C@H](C)/C(=N/O)c1cccc(OC)c1)OC)N(C)C(=O)[C@@H](NC(=O)[C@@H](NC)C(C)C)C(C)C. The van der Waals surface area contributed by atoms with Crippen LogP contribution in [0.2, 0.25) is 0 Å². The van der Waals surface area contributed by atoms with E-state index in [-0.39, 0.29) is 59.6 Å². The summed E-state index contributed by atoms with van der Waals surface area (Å²) < 4.78 is 17.2. The zero-order valence-electron chi connectivity index (χ0n) is 34.8. The van der Waals surface area contributed by atoms with Crippen molar-refractivity contribution in [2.24, 2.45) is 28.8 Å². The monoisotopic (exact) mass is 761 g/mol. The fourth-order valence-corrected chi connectivity index (χ4v) is 7.64. The van der Waals surface area contributed by atoms with Gasteiger partial charge in [0.05, 0.1) is 55.8 Å². The Morgan fingerprint density at radius 2 is 1.61 bits per heavy atom. The van der Waals surface area contributed by atoms with Gasteiger partial charge in [0.1, 0.15) is 17.5 Å². The molecule has 9 atom stereocenters. The standard InChI is InChI=1S/C40H68N6O8/c1-14-25(6)36(45(10)40(50)34(24(4)5)43-39(49)33(41-9)23(2)3)31(53-12)22-32(47)46-20-16-19-30(46)37(54-13)26(7)38(48)42-27(8)35(44-51)28-17-15-18-29(21-28)52-11/h15,17-18,21,23-27,30-31,33-34,36-37,41,51H,14,16,19-20,22H2,1-13H3,(H,42,48)(H,43,49)/b44-35-/t25-,26+,27+,30-,31+,33-,34-,36?,37+/m0/s1. The number of benzene rings is 1. The Morgan fingerprint density at radius 3 is 2.13 bits per heavy atom. The van der Waals surface area contributed by atoms with Crippen LogP contribution in [0, 0.1) is 23.7 Å². The fraction of sp³-hybridized carbons (Fsp3) is 0.725. The Kier molecular flexibility index (Phi) is 18.9. The molecule has 0 saturated carbocycles. The van der Waals surface area contributed by atoms with Crippen LogP contribution in [0.25, 0.3) is 0 Å². The van der Waals surface area contributed by atoms with Gasteiger partial charge in [-0.05, 0) is 56.7 Å². The van der Waals surface area contributed by atoms with Crippen LogP contribution in [-0.4, -0.2) is 129 Å². The van der Waals surface area contributed by atoms with Crippen LogP contribution in [0.5, 0.6) is 5.75 Å². The van der Waals surface area contributed by atoms with Crippen LogP contribution in [0.15, 0.2) is 29.4 Å². The third kappa shape index (κ3) is 11.6. The molecule has 1 unspecified atom stereocenters. The first-order valence-corrected chi connectivity index (χ1v) is 19.3. The third-order valence-corrected chi connectivity index (χ3v) is 11.0. The first kappa shape index (κ1) is 46.4. The Bertz CT molecular complexity index is 1410. The third-order valence-electron chi connectivity index (χ3n) is 11.0. The zero-order chi connectivity index (χ0) is 40.9. The van der Waals surface area contributed by atoms with Crippen molar-refractivity contribution in [3.63, 3.8) is 0 Å². The first-order valence-electron chi connectivity index (χ1n) is 19.3. The van der Waals surface area contributed by atoms with E-state index in [4.69, 9.17) is 14.2 Å². The summed E-state index contributed by atoms with van der Waals surface area (Å²) in [6.07, 6.45) is 0.875. The molecule has 1 heterocycles. The highest BCUT2D eigenvalue weighted by atomic mass is 16.5. The van der Waals surface area contributed by atoms with E-state index in [1.807, 2.05) is 41.5 Å². The maximum atomic E-state index is 14.2. The van der Waals surface area contributed by atoms with E-state index in [9.17, 15) is 24.4 Å². The predicted octanol–water partition coefficient (Wildman–Crippen LogP) is 3.68.